The highest BCUT2D eigenvalue weighted by atomic mass is 16.1. The average Bonchev–Trinajstić information content (AvgIpc) is 2.46. The van der Waals surface area contributed by atoms with E-state index in [0.717, 1.165) is 0 Å². The first-order valence-electron chi connectivity index (χ1n) is 5.61. The third-order valence-corrected chi connectivity index (χ3v) is 2.37. The fourth-order valence-electron chi connectivity index (χ4n) is 1.42. The summed E-state index contributed by atoms with van der Waals surface area (Å²) in [6.45, 7) is 0. The van der Waals surface area contributed by atoms with E-state index in [2.05, 4.69) is 27.1 Å². The number of primary amides is 1. The molecule has 0 aliphatic carbocycles. The molecule has 1 amide bonds. The smallest absolute Gasteiger partial charge is 0.248 e. The van der Waals surface area contributed by atoms with Crippen LogP contribution in [0.2, 0.25) is 0 Å². The largest absolute Gasteiger partial charge is 0.366 e. The van der Waals surface area contributed by atoms with Crippen molar-refractivity contribution >= 4 is 11.9 Å². The number of rotatable bonds is 2. The Morgan fingerprint density at radius 1 is 1.21 bits per heavy atom. The first-order valence-corrected chi connectivity index (χ1v) is 5.61. The van der Waals surface area contributed by atoms with Crippen LogP contribution in [0.15, 0.2) is 36.7 Å². The number of hydrogen-bond acceptors (Lipinski definition) is 4. The van der Waals surface area contributed by atoms with Gasteiger partial charge in [0.05, 0.1) is 5.56 Å². The number of nitrogens with one attached hydrogen (secondary N) is 1. The summed E-state index contributed by atoms with van der Waals surface area (Å²) >= 11 is 0. The average molecular weight is 252 g/mol. The fourth-order valence-corrected chi connectivity index (χ4v) is 1.42. The summed E-state index contributed by atoms with van der Waals surface area (Å²) in [5.74, 6) is 5.93. The summed E-state index contributed by atoms with van der Waals surface area (Å²) in [5, 5.41) is 2.83. The molecule has 0 atom stereocenters. The van der Waals surface area contributed by atoms with Crippen molar-refractivity contribution in [3.05, 3.63) is 53.3 Å². The molecule has 5 nitrogen and oxygen atoms in total. The van der Waals surface area contributed by atoms with Gasteiger partial charge in [-0.15, -0.1) is 0 Å². The summed E-state index contributed by atoms with van der Waals surface area (Å²) in [5.41, 5.74) is 7.06. The predicted octanol–water partition coefficient (Wildman–Crippen LogP) is 1.02. The Morgan fingerprint density at radius 2 is 1.89 bits per heavy atom. The van der Waals surface area contributed by atoms with Crippen LogP contribution in [-0.4, -0.2) is 22.9 Å². The zero-order valence-corrected chi connectivity index (χ0v) is 10.3. The monoisotopic (exact) mass is 252 g/mol. The molecule has 0 bridgehead atoms. The van der Waals surface area contributed by atoms with Crippen LogP contribution in [0.1, 0.15) is 21.5 Å². The molecule has 0 saturated heterocycles. The van der Waals surface area contributed by atoms with Crippen LogP contribution >= 0.6 is 0 Å². The van der Waals surface area contributed by atoms with Gasteiger partial charge in [-0.1, -0.05) is 17.9 Å². The van der Waals surface area contributed by atoms with Crippen molar-refractivity contribution in [2.24, 2.45) is 5.73 Å². The maximum Gasteiger partial charge on any atom is 0.248 e. The standard InChI is InChI=1S/C14H12N4O/c1-16-14-17-8-11(9-18-14)6-5-10-3-2-4-12(7-10)13(15)19/h2-4,7-9H,1H3,(H2,15,19)(H,16,17,18). The van der Waals surface area contributed by atoms with Gasteiger partial charge in [-0.05, 0) is 18.2 Å². The molecule has 1 aromatic heterocycles. The SMILES string of the molecule is CNc1ncc(C#Cc2cccc(C(N)=O)c2)cn1. The fraction of sp³-hybridized carbons (Fsp3) is 0.0714. The molecule has 1 aromatic carbocycles. The molecule has 0 spiro atoms. The van der Waals surface area contributed by atoms with Gasteiger partial charge in [0.15, 0.2) is 0 Å². The van der Waals surface area contributed by atoms with Crippen molar-refractivity contribution in [1.82, 2.24) is 9.97 Å². The minimum atomic E-state index is -0.467. The Balaban J connectivity index is 2.23. The lowest BCUT2D eigenvalue weighted by atomic mass is 10.1. The minimum absolute atomic E-state index is 0.439. The Hall–Kier alpha value is -2.87. The maximum absolute atomic E-state index is 11.0. The Bertz CT molecular complexity index is 653. The summed E-state index contributed by atoms with van der Waals surface area (Å²) in [6.07, 6.45) is 3.26. The number of amides is 1. The Kier molecular flexibility index (Phi) is 3.74. The van der Waals surface area contributed by atoms with Crippen LogP contribution in [0, 0.1) is 11.8 Å². The molecule has 0 aliphatic heterocycles. The zero-order chi connectivity index (χ0) is 13.7. The van der Waals surface area contributed by atoms with Gasteiger partial charge in [-0.3, -0.25) is 4.79 Å². The number of nitrogens with zero attached hydrogens (tertiary/aromatic N) is 2. The van der Waals surface area contributed by atoms with Crippen LogP contribution in [0.5, 0.6) is 0 Å². The molecule has 3 N–H and O–H groups in total. The quantitative estimate of drug-likeness (QED) is 0.782. The lowest BCUT2D eigenvalue weighted by Crippen LogP contribution is -2.10. The summed E-state index contributed by atoms with van der Waals surface area (Å²) in [6, 6.07) is 6.85. The van der Waals surface area contributed by atoms with E-state index in [1.807, 2.05) is 6.07 Å². The van der Waals surface area contributed by atoms with Gasteiger partial charge < -0.3 is 11.1 Å². The molecule has 2 rings (SSSR count). The van der Waals surface area contributed by atoms with Gasteiger partial charge in [0.1, 0.15) is 0 Å². The molecule has 1 heterocycles. The lowest BCUT2D eigenvalue weighted by Gasteiger charge is -1.96. The van der Waals surface area contributed by atoms with Gasteiger partial charge in [0.25, 0.3) is 0 Å². The van der Waals surface area contributed by atoms with Crippen LogP contribution in [0.25, 0.3) is 0 Å². The second-order valence-electron chi connectivity index (χ2n) is 3.74. The number of carbonyl (C=O) groups is 1. The number of aromatic nitrogens is 2. The molecule has 5 heteroatoms. The number of hydrogen-bond donors (Lipinski definition) is 2. The molecule has 0 radical (unpaired) electrons. The molecular formula is C14H12N4O. The van der Waals surface area contributed by atoms with Crippen molar-refractivity contribution in [2.45, 2.75) is 0 Å². The molecule has 0 unspecified atom stereocenters. The third kappa shape index (κ3) is 3.30. The lowest BCUT2D eigenvalue weighted by molar-refractivity contribution is 0.100. The maximum atomic E-state index is 11.0. The van der Waals surface area contributed by atoms with Crippen LogP contribution in [-0.2, 0) is 0 Å². The van der Waals surface area contributed by atoms with Crippen molar-refractivity contribution < 1.29 is 4.79 Å². The summed E-state index contributed by atoms with van der Waals surface area (Å²) in [7, 11) is 1.75. The molecule has 0 fully saturated rings. The minimum Gasteiger partial charge on any atom is -0.366 e. The highest BCUT2D eigenvalue weighted by Crippen LogP contribution is 2.04. The molecule has 19 heavy (non-hydrogen) atoms. The first-order chi connectivity index (χ1) is 9.19. The van der Waals surface area contributed by atoms with Gasteiger partial charge in [-0.2, -0.15) is 0 Å². The van der Waals surface area contributed by atoms with E-state index in [1.165, 1.54) is 0 Å². The molecular weight excluding hydrogens is 240 g/mol. The Labute approximate surface area is 110 Å². The Morgan fingerprint density at radius 3 is 2.53 bits per heavy atom. The van der Waals surface area contributed by atoms with E-state index in [9.17, 15) is 4.79 Å². The zero-order valence-electron chi connectivity index (χ0n) is 10.3. The highest BCUT2D eigenvalue weighted by molar-refractivity contribution is 5.93. The van der Waals surface area contributed by atoms with E-state index >= 15 is 0 Å². The molecule has 2 aromatic rings. The van der Waals surface area contributed by atoms with Gasteiger partial charge in [0.2, 0.25) is 11.9 Å². The second-order valence-corrected chi connectivity index (χ2v) is 3.74. The van der Waals surface area contributed by atoms with E-state index in [4.69, 9.17) is 5.73 Å². The van der Waals surface area contributed by atoms with E-state index in [1.54, 1.807) is 37.6 Å². The van der Waals surface area contributed by atoms with E-state index in [0.29, 0.717) is 22.6 Å². The van der Waals surface area contributed by atoms with Gasteiger partial charge >= 0.3 is 0 Å². The number of anilines is 1. The third-order valence-electron chi connectivity index (χ3n) is 2.37. The number of carbonyl (C=O) groups excluding carboxylic acids is 1. The van der Waals surface area contributed by atoms with E-state index in [-0.39, 0.29) is 0 Å². The van der Waals surface area contributed by atoms with Gasteiger partial charge in [-0.25, -0.2) is 9.97 Å². The molecule has 0 aliphatic rings. The molecule has 94 valence electrons. The molecule has 0 saturated carbocycles. The summed E-state index contributed by atoms with van der Waals surface area (Å²) < 4.78 is 0. The van der Waals surface area contributed by atoms with Crippen LogP contribution < -0.4 is 11.1 Å². The van der Waals surface area contributed by atoms with E-state index < -0.39 is 5.91 Å². The number of nitrogens with two attached hydrogens (primary N) is 1. The predicted molar refractivity (Wildman–Crippen MR) is 72.5 cm³/mol. The topological polar surface area (TPSA) is 80.9 Å². The van der Waals surface area contributed by atoms with Gasteiger partial charge in [0, 0.05) is 30.6 Å². The summed E-state index contributed by atoms with van der Waals surface area (Å²) in [4.78, 5) is 19.2. The van der Waals surface area contributed by atoms with Crippen LogP contribution in [0.3, 0.4) is 0 Å². The highest BCUT2D eigenvalue weighted by Gasteiger charge is 1.99. The number of benzene rings is 1. The van der Waals surface area contributed by atoms with Crippen molar-refractivity contribution in [1.29, 1.82) is 0 Å². The van der Waals surface area contributed by atoms with Crippen LogP contribution in [0.4, 0.5) is 5.95 Å². The first kappa shape index (κ1) is 12.6. The van der Waals surface area contributed by atoms with Crippen molar-refractivity contribution in [2.75, 3.05) is 12.4 Å². The second kappa shape index (κ2) is 5.65. The van der Waals surface area contributed by atoms with Crippen molar-refractivity contribution in [3.63, 3.8) is 0 Å². The van der Waals surface area contributed by atoms with Crippen molar-refractivity contribution in [3.8, 4) is 11.8 Å². The normalized spacial score (nSPS) is 9.32.